The molecule has 92 valence electrons. The first kappa shape index (κ1) is 13.4. The Kier molecular flexibility index (Phi) is 4.45. The molecular formula is C10H11BrFN3O2. The summed E-state index contributed by atoms with van der Waals surface area (Å²) in [6, 6.07) is 4.16. The Labute approximate surface area is 106 Å². The lowest BCUT2D eigenvalue weighted by Gasteiger charge is -2.17. The van der Waals surface area contributed by atoms with Crippen LogP contribution in [-0.4, -0.2) is 35.4 Å². The highest BCUT2D eigenvalue weighted by molar-refractivity contribution is 9.10. The second kappa shape index (κ2) is 5.62. The predicted octanol–water partition coefficient (Wildman–Crippen LogP) is 1.41. The summed E-state index contributed by atoms with van der Waals surface area (Å²) in [5.41, 5.74) is 5.46. The van der Waals surface area contributed by atoms with Gasteiger partial charge < -0.3 is 15.8 Å². The van der Waals surface area contributed by atoms with Gasteiger partial charge in [-0.3, -0.25) is 4.79 Å². The summed E-state index contributed by atoms with van der Waals surface area (Å²) in [7, 11) is 1.47. The maximum atomic E-state index is 13.2. The molecule has 1 aromatic rings. The highest BCUT2D eigenvalue weighted by Gasteiger charge is 2.17. The lowest BCUT2D eigenvalue weighted by atomic mass is 10.2. The largest absolute Gasteiger partial charge is 0.409 e. The predicted molar refractivity (Wildman–Crippen MR) is 64.5 cm³/mol. The Morgan fingerprint density at radius 3 is 2.88 bits per heavy atom. The van der Waals surface area contributed by atoms with Crippen LogP contribution in [0, 0.1) is 5.82 Å². The molecule has 0 atom stereocenters. The van der Waals surface area contributed by atoms with Crippen LogP contribution in [0.5, 0.6) is 0 Å². The average molecular weight is 304 g/mol. The third kappa shape index (κ3) is 3.16. The van der Waals surface area contributed by atoms with Gasteiger partial charge in [-0.25, -0.2) is 4.39 Å². The average Bonchev–Trinajstić information content (AvgIpc) is 2.31. The molecule has 1 amide bonds. The first-order valence-corrected chi connectivity index (χ1v) is 5.42. The zero-order valence-electron chi connectivity index (χ0n) is 9.02. The summed E-state index contributed by atoms with van der Waals surface area (Å²) in [6.07, 6.45) is 0. The highest BCUT2D eigenvalue weighted by Crippen LogP contribution is 2.21. The van der Waals surface area contributed by atoms with Gasteiger partial charge in [-0.1, -0.05) is 11.2 Å². The molecule has 0 fully saturated rings. The SMILES string of the molecule is CN(C/C(N)=N/O)C(=O)c1cccc(F)c1Br. The molecular weight excluding hydrogens is 293 g/mol. The molecule has 0 aliphatic heterocycles. The first-order valence-electron chi connectivity index (χ1n) is 4.63. The lowest BCUT2D eigenvalue weighted by Crippen LogP contribution is -2.35. The summed E-state index contributed by atoms with van der Waals surface area (Å²) >= 11 is 3.00. The number of carbonyl (C=O) groups excluding carboxylic acids is 1. The third-order valence-corrected chi connectivity index (χ3v) is 2.86. The van der Waals surface area contributed by atoms with Crippen molar-refractivity contribution in [3.63, 3.8) is 0 Å². The van der Waals surface area contributed by atoms with Crippen molar-refractivity contribution in [2.45, 2.75) is 0 Å². The van der Waals surface area contributed by atoms with Gasteiger partial charge in [0.15, 0.2) is 5.84 Å². The van der Waals surface area contributed by atoms with Crippen molar-refractivity contribution in [1.29, 1.82) is 0 Å². The molecule has 5 nitrogen and oxygen atoms in total. The Bertz CT molecular complexity index is 465. The van der Waals surface area contributed by atoms with E-state index in [1.807, 2.05) is 0 Å². The first-order chi connectivity index (χ1) is 7.97. The molecule has 1 rings (SSSR count). The second-order valence-corrected chi connectivity index (χ2v) is 4.15. The van der Waals surface area contributed by atoms with Crippen molar-refractivity contribution in [1.82, 2.24) is 4.90 Å². The molecule has 17 heavy (non-hydrogen) atoms. The van der Waals surface area contributed by atoms with Gasteiger partial charge in [0.05, 0.1) is 16.6 Å². The molecule has 0 bridgehead atoms. The normalized spacial score (nSPS) is 11.4. The molecule has 1 aromatic carbocycles. The Morgan fingerprint density at radius 2 is 2.29 bits per heavy atom. The summed E-state index contributed by atoms with van der Waals surface area (Å²) in [6.45, 7) is -0.0434. The smallest absolute Gasteiger partial charge is 0.255 e. The number of amides is 1. The standard InChI is InChI=1S/C10H11BrFN3O2/c1-15(5-8(13)14-17)10(16)6-3-2-4-7(12)9(6)11/h2-4,17H,5H2,1H3,(H2,13,14). The number of oxime groups is 1. The molecule has 3 N–H and O–H groups in total. The van der Waals surface area contributed by atoms with Crippen LogP contribution in [0.3, 0.4) is 0 Å². The second-order valence-electron chi connectivity index (χ2n) is 3.35. The maximum absolute atomic E-state index is 13.2. The van der Waals surface area contributed by atoms with E-state index in [9.17, 15) is 9.18 Å². The van der Waals surface area contributed by atoms with Crippen molar-refractivity contribution >= 4 is 27.7 Å². The molecule has 0 aliphatic rings. The molecule has 0 spiro atoms. The minimum Gasteiger partial charge on any atom is -0.409 e. The van der Waals surface area contributed by atoms with Crippen molar-refractivity contribution in [2.24, 2.45) is 10.9 Å². The van der Waals surface area contributed by atoms with Crippen molar-refractivity contribution in [2.75, 3.05) is 13.6 Å². The Morgan fingerprint density at radius 1 is 1.65 bits per heavy atom. The van der Waals surface area contributed by atoms with E-state index in [4.69, 9.17) is 10.9 Å². The van der Waals surface area contributed by atoms with Crippen LogP contribution in [-0.2, 0) is 0 Å². The van der Waals surface area contributed by atoms with Gasteiger partial charge in [-0.2, -0.15) is 0 Å². The van der Waals surface area contributed by atoms with Gasteiger partial charge in [0.25, 0.3) is 5.91 Å². The number of nitrogens with two attached hydrogens (primary N) is 1. The van der Waals surface area contributed by atoms with E-state index in [0.29, 0.717) is 0 Å². The number of likely N-dealkylation sites (N-methyl/N-ethyl adjacent to an activating group) is 1. The van der Waals surface area contributed by atoms with Crippen molar-refractivity contribution in [3.05, 3.63) is 34.1 Å². The minimum absolute atomic E-state index is 0.0434. The van der Waals surface area contributed by atoms with Crippen molar-refractivity contribution < 1.29 is 14.4 Å². The van der Waals surface area contributed by atoms with E-state index in [1.165, 1.54) is 30.1 Å². The molecule has 0 aliphatic carbocycles. The van der Waals surface area contributed by atoms with Gasteiger partial charge >= 0.3 is 0 Å². The van der Waals surface area contributed by atoms with E-state index < -0.39 is 11.7 Å². The van der Waals surface area contributed by atoms with Crippen LogP contribution in [0.4, 0.5) is 4.39 Å². The number of nitrogens with zero attached hydrogens (tertiary/aromatic N) is 2. The topological polar surface area (TPSA) is 78.9 Å². The zero-order valence-corrected chi connectivity index (χ0v) is 10.6. The number of amidine groups is 1. The van der Waals surface area contributed by atoms with Crippen LogP contribution in [0.25, 0.3) is 0 Å². The summed E-state index contributed by atoms with van der Waals surface area (Å²) in [4.78, 5) is 13.1. The number of hydrogen-bond donors (Lipinski definition) is 2. The van der Waals surface area contributed by atoms with Gasteiger partial charge in [-0.05, 0) is 28.1 Å². The summed E-state index contributed by atoms with van der Waals surface area (Å²) in [5.74, 6) is -1.05. The van der Waals surface area contributed by atoms with Crippen LogP contribution < -0.4 is 5.73 Å². The lowest BCUT2D eigenvalue weighted by molar-refractivity contribution is 0.0812. The molecule has 0 radical (unpaired) electrons. The minimum atomic E-state index is -0.520. The number of rotatable bonds is 3. The molecule has 0 unspecified atom stereocenters. The maximum Gasteiger partial charge on any atom is 0.255 e. The molecule has 7 heteroatoms. The molecule has 0 heterocycles. The number of carbonyl (C=O) groups is 1. The van der Waals surface area contributed by atoms with Crippen LogP contribution in [0.1, 0.15) is 10.4 Å². The van der Waals surface area contributed by atoms with E-state index in [1.54, 1.807) is 0 Å². The van der Waals surface area contributed by atoms with Crippen LogP contribution in [0.2, 0.25) is 0 Å². The molecule has 0 aromatic heterocycles. The number of halogens is 2. The fourth-order valence-electron chi connectivity index (χ4n) is 1.22. The monoisotopic (exact) mass is 303 g/mol. The number of benzene rings is 1. The van der Waals surface area contributed by atoms with Gasteiger partial charge in [0.1, 0.15) is 5.82 Å². The molecule has 0 saturated carbocycles. The van der Waals surface area contributed by atoms with Crippen molar-refractivity contribution in [3.8, 4) is 0 Å². The molecule has 0 saturated heterocycles. The van der Waals surface area contributed by atoms with Gasteiger partial charge in [-0.15, -0.1) is 0 Å². The Balaban J connectivity index is 2.93. The quantitative estimate of drug-likeness (QED) is 0.383. The van der Waals surface area contributed by atoms with E-state index >= 15 is 0 Å². The van der Waals surface area contributed by atoms with Crippen LogP contribution >= 0.6 is 15.9 Å². The summed E-state index contributed by atoms with van der Waals surface area (Å²) < 4.78 is 13.3. The van der Waals surface area contributed by atoms with E-state index in [-0.39, 0.29) is 22.4 Å². The summed E-state index contributed by atoms with van der Waals surface area (Å²) in [5, 5.41) is 11.1. The van der Waals surface area contributed by atoms with Gasteiger partial charge in [0, 0.05) is 7.05 Å². The zero-order chi connectivity index (χ0) is 13.0. The fourth-order valence-corrected chi connectivity index (χ4v) is 1.65. The fraction of sp³-hybridized carbons (Fsp3) is 0.200. The third-order valence-electron chi connectivity index (χ3n) is 2.06. The highest BCUT2D eigenvalue weighted by atomic mass is 79.9. The van der Waals surface area contributed by atoms with E-state index in [0.717, 1.165) is 0 Å². The van der Waals surface area contributed by atoms with Crippen LogP contribution in [0.15, 0.2) is 27.8 Å². The van der Waals surface area contributed by atoms with Gasteiger partial charge in [0.2, 0.25) is 0 Å². The van der Waals surface area contributed by atoms with E-state index in [2.05, 4.69) is 21.1 Å². The Hall–Kier alpha value is -1.63. The number of hydrogen-bond acceptors (Lipinski definition) is 3.